The summed E-state index contributed by atoms with van der Waals surface area (Å²) in [4.78, 5) is 23.9. The highest BCUT2D eigenvalue weighted by atomic mass is 16.5. The molecule has 1 saturated heterocycles. The van der Waals surface area contributed by atoms with E-state index < -0.39 is 5.97 Å². The van der Waals surface area contributed by atoms with Crippen LogP contribution in [0.4, 0.5) is 4.79 Å². The van der Waals surface area contributed by atoms with E-state index in [0.29, 0.717) is 19.1 Å². The molecule has 0 radical (unpaired) electrons. The molecule has 6 nitrogen and oxygen atoms in total. The Labute approximate surface area is 99.9 Å². The number of nitrogens with one attached hydrogen (secondary N) is 1. The Balaban J connectivity index is 1.77. The van der Waals surface area contributed by atoms with Crippen LogP contribution in [0.15, 0.2) is 0 Å². The van der Waals surface area contributed by atoms with Crippen LogP contribution in [-0.4, -0.2) is 54.4 Å². The van der Waals surface area contributed by atoms with Crippen molar-refractivity contribution in [1.29, 1.82) is 0 Å². The number of carboxylic acid groups (broad SMARTS) is 1. The minimum Gasteiger partial charge on any atom is -0.480 e. The van der Waals surface area contributed by atoms with Gasteiger partial charge in [0.1, 0.15) is 6.54 Å². The lowest BCUT2D eigenvalue weighted by Gasteiger charge is -2.21. The molecule has 1 aliphatic heterocycles. The third-order valence-corrected chi connectivity index (χ3v) is 3.12. The summed E-state index contributed by atoms with van der Waals surface area (Å²) in [6.07, 6.45) is 2.78. The summed E-state index contributed by atoms with van der Waals surface area (Å²) in [7, 11) is 0. The van der Waals surface area contributed by atoms with Crippen LogP contribution >= 0.6 is 0 Å². The van der Waals surface area contributed by atoms with Gasteiger partial charge in [0.15, 0.2) is 0 Å². The highest BCUT2D eigenvalue weighted by molar-refractivity contribution is 5.80. The first-order valence-electron chi connectivity index (χ1n) is 6.01. The van der Waals surface area contributed by atoms with Gasteiger partial charge in [-0.25, -0.2) is 4.79 Å². The molecular weight excluding hydrogens is 224 g/mol. The second kappa shape index (κ2) is 5.35. The van der Waals surface area contributed by atoms with Crippen molar-refractivity contribution in [2.24, 2.45) is 5.92 Å². The van der Waals surface area contributed by atoms with Gasteiger partial charge in [0.25, 0.3) is 0 Å². The summed E-state index contributed by atoms with van der Waals surface area (Å²) in [5, 5.41) is 11.5. The largest absolute Gasteiger partial charge is 0.480 e. The molecule has 1 aliphatic carbocycles. The number of urea groups is 1. The number of hydrogen-bond donors (Lipinski definition) is 2. The van der Waals surface area contributed by atoms with Crippen LogP contribution in [-0.2, 0) is 9.53 Å². The van der Waals surface area contributed by atoms with Crippen molar-refractivity contribution >= 4 is 12.0 Å². The average molecular weight is 242 g/mol. The summed E-state index contributed by atoms with van der Waals surface area (Å²) in [5.74, 6) is -0.596. The Bertz CT molecular complexity index is 298. The molecule has 1 heterocycles. The molecular formula is C11H18N2O4. The second-order valence-electron chi connectivity index (χ2n) is 4.67. The van der Waals surface area contributed by atoms with Crippen molar-refractivity contribution in [3.8, 4) is 0 Å². The SMILES string of the molecule is O=C(O)CN(C(=O)NCC1CCOC1)C1CC1. The highest BCUT2D eigenvalue weighted by Crippen LogP contribution is 2.26. The molecule has 2 aliphatic rings. The van der Waals surface area contributed by atoms with Crippen molar-refractivity contribution in [3.63, 3.8) is 0 Å². The van der Waals surface area contributed by atoms with Crippen molar-refractivity contribution in [2.75, 3.05) is 26.3 Å². The first-order chi connectivity index (χ1) is 8.16. The van der Waals surface area contributed by atoms with E-state index in [-0.39, 0.29) is 18.6 Å². The quantitative estimate of drug-likeness (QED) is 0.726. The van der Waals surface area contributed by atoms with E-state index in [1.807, 2.05) is 0 Å². The Morgan fingerprint density at radius 1 is 1.35 bits per heavy atom. The van der Waals surface area contributed by atoms with Gasteiger partial charge in [0.05, 0.1) is 6.61 Å². The van der Waals surface area contributed by atoms with E-state index in [9.17, 15) is 9.59 Å². The van der Waals surface area contributed by atoms with Gasteiger partial charge in [-0.15, -0.1) is 0 Å². The maximum absolute atomic E-state index is 11.8. The number of amides is 2. The van der Waals surface area contributed by atoms with Crippen LogP contribution in [0.5, 0.6) is 0 Å². The van der Waals surface area contributed by atoms with E-state index in [1.165, 1.54) is 4.90 Å². The number of nitrogens with zero attached hydrogens (tertiary/aromatic N) is 1. The van der Waals surface area contributed by atoms with Crippen LogP contribution in [0.1, 0.15) is 19.3 Å². The Kier molecular flexibility index (Phi) is 3.83. The third-order valence-electron chi connectivity index (χ3n) is 3.12. The summed E-state index contributed by atoms with van der Waals surface area (Å²) in [6, 6.07) is -0.146. The zero-order valence-corrected chi connectivity index (χ0v) is 9.72. The van der Waals surface area contributed by atoms with Gasteiger partial charge in [-0.2, -0.15) is 0 Å². The van der Waals surface area contributed by atoms with Crippen molar-refractivity contribution in [1.82, 2.24) is 10.2 Å². The summed E-state index contributed by atoms with van der Waals surface area (Å²) in [5.41, 5.74) is 0. The highest BCUT2D eigenvalue weighted by Gasteiger charge is 2.34. The van der Waals surface area contributed by atoms with Gasteiger partial charge in [0, 0.05) is 25.1 Å². The lowest BCUT2D eigenvalue weighted by Crippen LogP contribution is -2.45. The maximum Gasteiger partial charge on any atom is 0.323 e. The Morgan fingerprint density at radius 3 is 2.65 bits per heavy atom. The van der Waals surface area contributed by atoms with E-state index >= 15 is 0 Å². The van der Waals surface area contributed by atoms with Gasteiger partial charge in [-0.05, 0) is 19.3 Å². The smallest absolute Gasteiger partial charge is 0.323 e. The first kappa shape index (κ1) is 12.2. The van der Waals surface area contributed by atoms with Gasteiger partial charge in [0.2, 0.25) is 0 Å². The van der Waals surface area contributed by atoms with E-state index in [4.69, 9.17) is 9.84 Å². The molecule has 0 spiro atoms. The zero-order chi connectivity index (χ0) is 12.3. The molecule has 2 amide bonds. The molecule has 0 aromatic heterocycles. The Morgan fingerprint density at radius 2 is 2.12 bits per heavy atom. The molecule has 6 heteroatoms. The fourth-order valence-electron chi connectivity index (χ4n) is 1.98. The predicted octanol–water partition coefficient (Wildman–Crippen LogP) is 0.281. The topological polar surface area (TPSA) is 78.9 Å². The van der Waals surface area contributed by atoms with Crippen LogP contribution in [0.25, 0.3) is 0 Å². The summed E-state index contributed by atoms with van der Waals surface area (Å²) < 4.78 is 5.22. The number of aliphatic carboxylic acids is 1. The van der Waals surface area contributed by atoms with Gasteiger partial charge < -0.3 is 20.1 Å². The van der Waals surface area contributed by atoms with Crippen LogP contribution in [0.3, 0.4) is 0 Å². The van der Waals surface area contributed by atoms with Crippen molar-refractivity contribution < 1.29 is 19.4 Å². The predicted molar refractivity (Wildman–Crippen MR) is 59.7 cm³/mol. The number of carbonyl (C=O) groups is 2. The van der Waals surface area contributed by atoms with Gasteiger partial charge in [-0.3, -0.25) is 4.79 Å². The molecule has 17 heavy (non-hydrogen) atoms. The van der Waals surface area contributed by atoms with Crippen LogP contribution in [0.2, 0.25) is 0 Å². The summed E-state index contributed by atoms with van der Waals surface area (Å²) >= 11 is 0. The number of hydrogen-bond acceptors (Lipinski definition) is 3. The number of ether oxygens (including phenoxy) is 1. The molecule has 0 bridgehead atoms. The molecule has 1 atom stereocenters. The van der Waals surface area contributed by atoms with Crippen molar-refractivity contribution in [2.45, 2.75) is 25.3 Å². The normalized spacial score (nSPS) is 23.4. The first-order valence-corrected chi connectivity index (χ1v) is 6.01. The van der Waals surface area contributed by atoms with E-state index in [2.05, 4.69) is 5.32 Å². The molecule has 1 saturated carbocycles. The molecule has 2 fully saturated rings. The number of carbonyl (C=O) groups excluding carboxylic acids is 1. The second-order valence-corrected chi connectivity index (χ2v) is 4.67. The van der Waals surface area contributed by atoms with Crippen LogP contribution < -0.4 is 5.32 Å². The lowest BCUT2D eigenvalue weighted by molar-refractivity contribution is -0.137. The molecule has 2 N–H and O–H groups in total. The van der Waals surface area contributed by atoms with E-state index in [0.717, 1.165) is 25.9 Å². The maximum atomic E-state index is 11.8. The minimum atomic E-state index is -0.962. The van der Waals surface area contributed by atoms with Crippen molar-refractivity contribution in [3.05, 3.63) is 0 Å². The summed E-state index contributed by atoms with van der Waals surface area (Å²) in [6.45, 7) is 1.80. The minimum absolute atomic E-state index is 0.117. The number of carboxylic acids is 1. The lowest BCUT2D eigenvalue weighted by atomic mass is 10.1. The third kappa shape index (κ3) is 3.59. The average Bonchev–Trinajstić information content (AvgIpc) is 2.99. The fourth-order valence-corrected chi connectivity index (χ4v) is 1.98. The molecule has 1 unspecified atom stereocenters. The standard InChI is InChI=1S/C11H18N2O4/c14-10(15)6-13(9-1-2-9)11(16)12-5-8-3-4-17-7-8/h8-9H,1-7H2,(H,12,16)(H,14,15). The number of rotatable bonds is 5. The molecule has 96 valence electrons. The monoisotopic (exact) mass is 242 g/mol. The molecule has 0 aromatic rings. The zero-order valence-electron chi connectivity index (χ0n) is 9.72. The van der Waals surface area contributed by atoms with Gasteiger partial charge >= 0.3 is 12.0 Å². The van der Waals surface area contributed by atoms with Gasteiger partial charge in [-0.1, -0.05) is 0 Å². The molecule has 0 aromatic carbocycles. The fraction of sp³-hybridized carbons (Fsp3) is 0.818. The molecule has 2 rings (SSSR count). The van der Waals surface area contributed by atoms with E-state index in [1.54, 1.807) is 0 Å². The Hall–Kier alpha value is -1.30. The van der Waals surface area contributed by atoms with Crippen LogP contribution in [0, 0.1) is 5.92 Å².